The predicted octanol–water partition coefficient (Wildman–Crippen LogP) is 6.50. The van der Waals surface area contributed by atoms with Gasteiger partial charge < -0.3 is 0 Å². The number of benzene rings is 1. The lowest BCUT2D eigenvalue weighted by Gasteiger charge is -2.28. The molecule has 0 nitrogen and oxygen atoms in total. The van der Waals surface area contributed by atoms with Gasteiger partial charge in [-0.1, -0.05) is 96.7 Å². The summed E-state index contributed by atoms with van der Waals surface area (Å²) in [5.41, 5.74) is 6.24. The maximum absolute atomic E-state index is 3.95. The number of halogens is 1. The highest BCUT2D eigenvalue weighted by atomic mass is 127. The average molecular weight is 416 g/mol. The number of alkyl halides is 1. The zero-order valence-corrected chi connectivity index (χ0v) is 16.2. The van der Waals surface area contributed by atoms with Gasteiger partial charge >= 0.3 is 0 Å². The molecule has 2 aliphatic rings. The lowest BCUT2D eigenvalue weighted by molar-refractivity contribution is 0.604. The Kier molecular flexibility index (Phi) is 4.96. The Morgan fingerprint density at radius 1 is 1.35 bits per heavy atom. The standard InChI is InChI=1S/C22H25I/c1-4-8-16(9-7-14-23)17-12-13-19-18-10-5-6-11-20(18)22(2,3)21(19)15-17/h4-7,9-12,15-16,19H,1,8,13-14H2,2-3H3/b9-7-. The lowest BCUT2D eigenvalue weighted by atomic mass is 9.75. The largest absolute Gasteiger partial charge is 0.103 e. The van der Waals surface area contributed by atoms with E-state index in [0.29, 0.717) is 11.8 Å². The Morgan fingerprint density at radius 3 is 2.87 bits per heavy atom. The van der Waals surface area contributed by atoms with Gasteiger partial charge in [-0.25, -0.2) is 0 Å². The van der Waals surface area contributed by atoms with Crippen molar-refractivity contribution in [1.29, 1.82) is 0 Å². The zero-order chi connectivity index (χ0) is 16.4. The molecule has 0 saturated carbocycles. The van der Waals surface area contributed by atoms with Crippen molar-refractivity contribution in [2.45, 2.75) is 38.0 Å². The third kappa shape index (κ3) is 3.00. The molecule has 1 aromatic rings. The minimum atomic E-state index is 0.145. The molecule has 0 aromatic heterocycles. The van der Waals surface area contributed by atoms with Crippen LogP contribution in [0.4, 0.5) is 0 Å². The summed E-state index contributed by atoms with van der Waals surface area (Å²) >= 11 is 2.40. The molecule has 1 aromatic carbocycles. The molecule has 0 heterocycles. The van der Waals surface area contributed by atoms with Crippen molar-refractivity contribution in [3.05, 3.63) is 83.5 Å². The van der Waals surface area contributed by atoms with Crippen molar-refractivity contribution in [1.82, 2.24) is 0 Å². The van der Waals surface area contributed by atoms with E-state index in [1.165, 1.54) is 16.7 Å². The van der Waals surface area contributed by atoms with E-state index >= 15 is 0 Å². The van der Waals surface area contributed by atoms with Gasteiger partial charge in [0.1, 0.15) is 0 Å². The van der Waals surface area contributed by atoms with Gasteiger partial charge in [0.15, 0.2) is 0 Å². The fourth-order valence-corrected chi connectivity index (χ4v) is 4.43. The molecule has 2 atom stereocenters. The highest BCUT2D eigenvalue weighted by Crippen LogP contribution is 2.53. The van der Waals surface area contributed by atoms with Crippen molar-refractivity contribution < 1.29 is 0 Å². The van der Waals surface area contributed by atoms with Crippen LogP contribution >= 0.6 is 22.6 Å². The molecule has 0 aliphatic heterocycles. The van der Waals surface area contributed by atoms with Gasteiger partial charge in [-0.05, 0) is 29.5 Å². The van der Waals surface area contributed by atoms with Gasteiger partial charge in [0, 0.05) is 21.7 Å². The van der Waals surface area contributed by atoms with Crippen LogP contribution in [-0.4, -0.2) is 4.43 Å². The molecule has 23 heavy (non-hydrogen) atoms. The fraction of sp³-hybridized carbons (Fsp3) is 0.364. The van der Waals surface area contributed by atoms with E-state index in [2.05, 4.69) is 91.6 Å². The highest BCUT2D eigenvalue weighted by Gasteiger charge is 2.42. The molecule has 1 heteroatoms. The number of rotatable bonds is 5. The molecule has 3 rings (SSSR count). The summed E-state index contributed by atoms with van der Waals surface area (Å²) in [6, 6.07) is 8.99. The molecule has 0 N–H and O–H groups in total. The van der Waals surface area contributed by atoms with Gasteiger partial charge in [0.05, 0.1) is 0 Å². The molecule has 0 spiro atoms. The Labute approximate surface area is 154 Å². The highest BCUT2D eigenvalue weighted by molar-refractivity contribution is 14.1. The molecule has 0 amide bonds. The molecule has 0 bridgehead atoms. The van der Waals surface area contributed by atoms with Crippen molar-refractivity contribution in [3.63, 3.8) is 0 Å². The maximum atomic E-state index is 3.95. The molecule has 2 aliphatic carbocycles. The summed E-state index contributed by atoms with van der Waals surface area (Å²) in [6.07, 6.45) is 13.8. The lowest BCUT2D eigenvalue weighted by Crippen LogP contribution is -2.19. The summed E-state index contributed by atoms with van der Waals surface area (Å²) in [5, 5.41) is 0. The summed E-state index contributed by atoms with van der Waals surface area (Å²) in [6.45, 7) is 8.70. The van der Waals surface area contributed by atoms with E-state index in [1.54, 1.807) is 5.57 Å². The first-order valence-electron chi connectivity index (χ1n) is 8.44. The van der Waals surface area contributed by atoms with Gasteiger partial charge in [-0.2, -0.15) is 0 Å². The number of hydrogen-bond acceptors (Lipinski definition) is 0. The van der Waals surface area contributed by atoms with E-state index < -0.39 is 0 Å². The minimum absolute atomic E-state index is 0.145. The van der Waals surface area contributed by atoms with Crippen LogP contribution in [0.5, 0.6) is 0 Å². The second kappa shape index (κ2) is 6.80. The number of allylic oxidation sites excluding steroid dienone is 7. The summed E-state index contributed by atoms with van der Waals surface area (Å²) < 4.78 is 1.06. The molecule has 0 fully saturated rings. The van der Waals surface area contributed by atoms with Gasteiger partial charge in [0.25, 0.3) is 0 Å². The van der Waals surface area contributed by atoms with E-state index in [9.17, 15) is 0 Å². The smallest absolute Gasteiger partial charge is 0.0176 e. The topological polar surface area (TPSA) is 0 Å². The summed E-state index contributed by atoms with van der Waals surface area (Å²) in [4.78, 5) is 0. The quantitative estimate of drug-likeness (QED) is 0.292. The Hall–Kier alpha value is -1.09. The number of fused-ring (bicyclic) bond motifs is 3. The van der Waals surface area contributed by atoms with Crippen molar-refractivity contribution in [3.8, 4) is 0 Å². The van der Waals surface area contributed by atoms with Gasteiger partial charge in [-0.15, -0.1) is 6.58 Å². The number of hydrogen-bond donors (Lipinski definition) is 0. The first-order chi connectivity index (χ1) is 11.1. The van der Waals surface area contributed by atoms with Crippen LogP contribution in [0.1, 0.15) is 43.7 Å². The van der Waals surface area contributed by atoms with Crippen LogP contribution in [-0.2, 0) is 5.41 Å². The van der Waals surface area contributed by atoms with E-state index in [0.717, 1.165) is 17.3 Å². The third-order valence-corrected chi connectivity index (χ3v) is 5.83. The molecule has 0 radical (unpaired) electrons. The first-order valence-corrected chi connectivity index (χ1v) is 9.97. The van der Waals surface area contributed by atoms with Crippen molar-refractivity contribution >= 4 is 22.6 Å². The van der Waals surface area contributed by atoms with Crippen LogP contribution in [0.25, 0.3) is 0 Å². The predicted molar refractivity (Wildman–Crippen MR) is 109 cm³/mol. The van der Waals surface area contributed by atoms with Crippen LogP contribution in [0.2, 0.25) is 0 Å². The van der Waals surface area contributed by atoms with Crippen molar-refractivity contribution in [2.24, 2.45) is 5.92 Å². The first kappa shape index (κ1) is 16.8. The Morgan fingerprint density at radius 2 is 2.13 bits per heavy atom. The summed E-state index contributed by atoms with van der Waals surface area (Å²) in [7, 11) is 0. The monoisotopic (exact) mass is 416 g/mol. The second-order valence-corrected chi connectivity index (χ2v) is 7.90. The fourth-order valence-electron chi connectivity index (χ4n) is 4.14. The third-order valence-electron chi connectivity index (χ3n) is 5.32. The average Bonchev–Trinajstić information content (AvgIpc) is 2.80. The normalized spacial score (nSPS) is 23.0. The van der Waals surface area contributed by atoms with Crippen LogP contribution < -0.4 is 0 Å². The zero-order valence-electron chi connectivity index (χ0n) is 14.1. The molecule has 0 saturated heterocycles. The SMILES string of the molecule is C=CCC(/C=C\CI)C1=CCC2C(=C1)C(C)(C)c1ccccc12. The Balaban J connectivity index is 1.98. The van der Waals surface area contributed by atoms with E-state index in [-0.39, 0.29) is 5.41 Å². The van der Waals surface area contributed by atoms with Crippen molar-refractivity contribution in [2.75, 3.05) is 4.43 Å². The molecular formula is C22H25I. The Bertz CT molecular complexity index is 688. The van der Waals surface area contributed by atoms with Gasteiger partial charge in [-0.3, -0.25) is 0 Å². The van der Waals surface area contributed by atoms with E-state index in [1.807, 2.05) is 6.08 Å². The second-order valence-electron chi connectivity index (χ2n) is 7.02. The maximum Gasteiger partial charge on any atom is 0.0176 e. The van der Waals surface area contributed by atoms with Crippen LogP contribution in [0.3, 0.4) is 0 Å². The van der Waals surface area contributed by atoms with Crippen LogP contribution in [0.15, 0.2) is 72.4 Å². The van der Waals surface area contributed by atoms with Gasteiger partial charge in [0.2, 0.25) is 0 Å². The molecular weight excluding hydrogens is 391 g/mol. The van der Waals surface area contributed by atoms with Crippen LogP contribution in [0, 0.1) is 5.92 Å². The molecule has 120 valence electrons. The summed E-state index contributed by atoms with van der Waals surface area (Å²) in [5.74, 6) is 1.04. The minimum Gasteiger partial charge on any atom is -0.103 e. The molecule has 2 unspecified atom stereocenters. The van der Waals surface area contributed by atoms with E-state index in [4.69, 9.17) is 0 Å².